The van der Waals surface area contributed by atoms with E-state index in [1.165, 1.54) is 6.39 Å². The van der Waals surface area contributed by atoms with Crippen LogP contribution >= 0.6 is 11.6 Å². The Balaban J connectivity index is 1.74. The minimum Gasteiger partial charge on any atom is -0.443 e. The summed E-state index contributed by atoms with van der Waals surface area (Å²) < 4.78 is 5.33. The normalized spacial score (nSPS) is 21.0. The average molecular weight is 322 g/mol. The number of aliphatic hydroxyl groups is 1. The van der Waals surface area contributed by atoms with E-state index in [2.05, 4.69) is 15.6 Å². The topological polar surface area (TPSA) is 87.4 Å². The number of aliphatic hydroxyl groups excluding tert-OH is 1. The molecular formula is C15H16ClN3O3. The van der Waals surface area contributed by atoms with E-state index in [1.54, 1.807) is 18.2 Å². The second kappa shape index (κ2) is 6.48. The van der Waals surface area contributed by atoms with Crippen molar-refractivity contribution in [2.75, 3.05) is 19.6 Å². The third kappa shape index (κ3) is 2.99. The van der Waals surface area contributed by atoms with Crippen LogP contribution in [0, 0.1) is 5.92 Å². The zero-order valence-electron chi connectivity index (χ0n) is 11.8. The van der Waals surface area contributed by atoms with Crippen LogP contribution in [0.25, 0.3) is 11.3 Å². The molecule has 2 aromatic rings. The number of aromatic nitrogens is 1. The summed E-state index contributed by atoms with van der Waals surface area (Å²) in [6.07, 6.45) is 0.778. The molecule has 1 aromatic carbocycles. The van der Waals surface area contributed by atoms with Gasteiger partial charge in [0.25, 0.3) is 5.91 Å². The zero-order chi connectivity index (χ0) is 15.5. The lowest BCUT2D eigenvalue weighted by molar-refractivity contribution is 0.0923. The summed E-state index contributed by atoms with van der Waals surface area (Å²) in [5.41, 5.74) is 0.808. The molecule has 6 nitrogen and oxygen atoms in total. The molecule has 2 heterocycles. The minimum atomic E-state index is -0.444. The van der Waals surface area contributed by atoms with Crippen LogP contribution < -0.4 is 10.6 Å². The number of oxazole rings is 1. The number of nitrogens with one attached hydrogen (secondary N) is 2. The number of halogens is 1. The Morgan fingerprint density at radius 1 is 1.45 bits per heavy atom. The summed E-state index contributed by atoms with van der Waals surface area (Å²) in [6, 6.07) is 7.11. The Hall–Kier alpha value is -1.89. The predicted octanol–water partition coefficient (Wildman–Crippen LogP) is 1.31. The molecule has 0 radical (unpaired) electrons. The molecule has 0 saturated carbocycles. The van der Waals surface area contributed by atoms with Gasteiger partial charge in [0.1, 0.15) is 0 Å². The summed E-state index contributed by atoms with van der Waals surface area (Å²) >= 11 is 6.13. The quantitative estimate of drug-likeness (QED) is 0.790. The Kier molecular flexibility index (Phi) is 4.42. The van der Waals surface area contributed by atoms with Gasteiger partial charge < -0.3 is 20.2 Å². The van der Waals surface area contributed by atoms with Gasteiger partial charge in [0.05, 0.1) is 11.1 Å². The van der Waals surface area contributed by atoms with Crippen molar-refractivity contribution >= 4 is 17.5 Å². The Labute approximate surface area is 132 Å². The van der Waals surface area contributed by atoms with Gasteiger partial charge in [-0.05, 0) is 12.1 Å². The smallest absolute Gasteiger partial charge is 0.273 e. The first kappa shape index (κ1) is 15.0. The maximum atomic E-state index is 12.3. The lowest BCUT2D eigenvalue weighted by Gasteiger charge is -2.13. The van der Waals surface area contributed by atoms with Crippen LogP contribution in [0.15, 0.2) is 35.1 Å². The fraction of sp³-hybridized carbons (Fsp3) is 0.333. The van der Waals surface area contributed by atoms with Gasteiger partial charge in [-0.2, -0.15) is 0 Å². The average Bonchev–Trinajstić information content (AvgIpc) is 3.14. The van der Waals surface area contributed by atoms with Crippen LogP contribution in [0.1, 0.15) is 10.5 Å². The Morgan fingerprint density at radius 2 is 2.27 bits per heavy atom. The molecule has 116 valence electrons. The monoisotopic (exact) mass is 321 g/mol. The number of hydrogen-bond acceptors (Lipinski definition) is 5. The highest BCUT2D eigenvalue weighted by atomic mass is 35.5. The fourth-order valence-corrected chi connectivity index (χ4v) is 2.70. The molecule has 1 aliphatic heterocycles. The van der Waals surface area contributed by atoms with Crippen molar-refractivity contribution in [2.45, 2.75) is 6.10 Å². The van der Waals surface area contributed by atoms with Crippen LogP contribution in [0.3, 0.4) is 0 Å². The van der Waals surface area contributed by atoms with Crippen LogP contribution in [0.4, 0.5) is 0 Å². The maximum Gasteiger partial charge on any atom is 0.273 e. The number of rotatable bonds is 4. The van der Waals surface area contributed by atoms with Crippen molar-refractivity contribution in [3.63, 3.8) is 0 Å². The van der Waals surface area contributed by atoms with Gasteiger partial charge in [0.15, 0.2) is 17.8 Å². The molecule has 3 N–H and O–H groups in total. The highest BCUT2D eigenvalue weighted by Crippen LogP contribution is 2.29. The molecule has 1 aromatic heterocycles. The van der Waals surface area contributed by atoms with Crippen LogP contribution in [-0.4, -0.2) is 41.7 Å². The zero-order valence-corrected chi connectivity index (χ0v) is 12.5. The summed E-state index contributed by atoms with van der Waals surface area (Å²) in [5.74, 6) is -0.00409. The molecule has 0 bridgehead atoms. The van der Waals surface area contributed by atoms with E-state index in [4.69, 9.17) is 16.0 Å². The second-order valence-electron chi connectivity index (χ2n) is 5.21. The molecule has 1 fully saturated rings. The van der Waals surface area contributed by atoms with Gasteiger partial charge in [-0.3, -0.25) is 4.79 Å². The van der Waals surface area contributed by atoms with E-state index >= 15 is 0 Å². The van der Waals surface area contributed by atoms with Gasteiger partial charge in [-0.15, -0.1) is 0 Å². The van der Waals surface area contributed by atoms with Gasteiger partial charge in [0, 0.05) is 31.1 Å². The molecular weight excluding hydrogens is 306 g/mol. The number of carbonyl (C=O) groups excluding carboxylic acids is 1. The number of hydrogen-bond donors (Lipinski definition) is 3. The van der Waals surface area contributed by atoms with Crippen molar-refractivity contribution in [3.8, 4) is 11.3 Å². The van der Waals surface area contributed by atoms with Crippen LogP contribution in [-0.2, 0) is 0 Å². The van der Waals surface area contributed by atoms with E-state index in [0.29, 0.717) is 36.0 Å². The molecule has 22 heavy (non-hydrogen) atoms. The van der Waals surface area contributed by atoms with Crippen molar-refractivity contribution in [3.05, 3.63) is 41.4 Å². The van der Waals surface area contributed by atoms with Gasteiger partial charge in [0.2, 0.25) is 0 Å². The van der Waals surface area contributed by atoms with Crippen LogP contribution in [0.2, 0.25) is 5.02 Å². The lowest BCUT2D eigenvalue weighted by atomic mass is 10.1. The number of carbonyl (C=O) groups is 1. The maximum absolute atomic E-state index is 12.3. The molecule has 3 rings (SSSR count). The summed E-state index contributed by atoms with van der Waals surface area (Å²) in [4.78, 5) is 16.3. The predicted molar refractivity (Wildman–Crippen MR) is 81.6 cm³/mol. The third-order valence-corrected chi connectivity index (χ3v) is 4.06. The molecule has 7 heteroatoms. The first-order valence-electron chi connectivity index (χ1n) is 7.02. The van der Waals surface area contributed by atoms with Crippen molar-refractivity contribution in [1.82, 2.24) is 15.6 Å². The SMILES string of the molecule is O=C(NCC1CNCC1O)c1ncoc1-c1ccccc1Cl. The molecule has 1 saturated heterocycles. The molecule has 1 amide bonds. The van der Waals surface area contributed by atoms with E-state index in [-0.39, 0.29) is 17.5 Å². The van der Waals surface area contributed by atoms with Crippen LogP contribution in [0.5, 0.6) is 0 Å². The van der Waals surface area contributed by atoms with Gasteiger partial charge >= 0.3 is 0 Å². The second-order valence-corrected chi connectivity index (χ2v) is 5.61. The minimum absolute atomic E-state index is 0.000357. The molecule has 1 aliphatic rings. The van der Waals surface area contributed by atoms with Crippen molar-refractivity contribution < 1.29 is 14.3 Å². The Morgan fingerprint density at radius 3 is 3.00 bits per heavy atom. The lowest BCUT2D eigenvalue weighted by Crippen LogP contribution is -2.34. The largest absolute Gasteiger partial charge is 0.443 e. The third-order valence-electron chi connectivity index (χ3n) is 3.73. The molecule has 0 aliphatic carbocycles. The number of benzene rings is 1. The summed E-state index contributed by atoms with van der Waals surface area (Å²) in [7, 11) is 0. The van der Waals surface area contributed by atoms with E-state index in [9.17, 15) is 9.90 Å². The first-order valence-corrected chi connectivity index (χ1v) is 7.40. The van der Waals surface area contributed by atoms with E-state index in [0.717, 1.165) is 0 Å². The Bertz CT molecular complexity index is 674. The highest BCUT2D eigenvalue weighted by Gasteiger charge is 2.26. The number of amides is 1. The standard InChI is InChI=1S/C15H16ClN3O3/c16-11-4-2-1-3-10(11)14-13(19-8-22-14)15(21)18-6-9-5-17-7-12(9)20/h1-4,8-9,12,17,20H,5-7H2,(H,18,21). The molecule has 0 spiro atoms. The molecule has 2 atom stereocenters. The summed E-state index contributed by atoms with van der Waals surface area (Å²) in [6.45, 7) is 1.61. The summed E-state index contributed by atoms with van der Waals surface area (Å²) in [5, 5.41) is 16.1. The fourth-order valence-electron chi connectivity index (χ4n) is 2.48. The number of β-amino-alcohol motifs (C(OH)–C–C–N with tert-alkyl or cyclic N) is 1. The molecule has 2 unspecified atom stereocenters. The van der Waals surface area contributed by atoms with E-state index < -0.39 is 6.10 Å². The van der Waals surface area contributed by atoms with Gasteiger partial charge in [-0.1, -0.05) is 23.7 Å². The first-order chi connectivity index (χ1) is 10.7. The van der Waals surface area contributed by atoms with Gasteiger partial charge in [-0.25, -0.2) is 4.98 Å². The van der Waals surface area contributed by atoms with Crippen molar-refractivity contribution in [2.24, 2.45) is 5.92 Å². The number of nitrogens with zero attached hydrogens (tertiary/aromatic N) is 1. The highest BCUT2D eigenvalue weighted by molar-refractivity contribution is 6.33. The van der Waals surface area contributed by atoms with Crippen molar-refractivity contribution in [1.29, 1.82) is 0 Å². The van der Waals surface area contributed by atoms with E-state index in [1.807, 2.05) is 6.07 Å².